The van der Waals surface area contributed by atoms with Gasteiger partial charge in [-0.3, -0.25) is 4.79 Å². The lowest BCUT2D eigenvalue weighted by Crippen LogP contribution is -2.30. The van der Waals surface area contributed by atoms with Crippen molar-refractivity contribution < 1.29 is 9.18 Å². The summed E-state index contributed by atoms with van der Waals surface area (Å²) < 4.78 is 13.0. The number of halogens is 1. The van der Waals surface area contributed by atoms with Crippen molar-refractivity contribution in [3.05, 3.63) is 71.0 Å². The van der Waals surface area contributed by atoms with Gasteiger partial charge in [0.05, 0.1) is 0 Å². The van der Waals surface area contributed by atoms with Gasteiger partial charge in [-0.15, -0.1) is 0 Å². The van der Waals surface area contributed by atoms with Gasteiger partial charge in [0.1, 0.15) is 11.6 Å². The Hall–Kier alpha value is -1.96. The number of benzene rings is 2. The fourth-order valence-electron chi connectivity index (χ4n) is 2.33. The predicted molar refractivity (Wildman–Crippen MR) is 84.0 cm³/mol. The summed E-state index contributed by atoms with van der Waals surface area (Å²) in [7, 11) is 0. The molecular formula is C19H21FO. The van der Waals surface area contributed by atoms with Gasteiger partial charge in [0.25, 0.3) is 0 Å². The van der Waals surface area contributed by atoms with E-state index in [-0.39, 0.29) is 11.6 Å². The highest BCUT2D eigenvalue weighted by molar-refractivity contribution is 5.91. The molecule has 0 aliphatic rings. The predicted octanol–water partition coefficient (Wildman–Crippen LogP) is 4.48. The maximum atomic E-state index is 13.0. The van der Waals surface area contributed by atoms with Crippen molar-refractivity contribution in [2.24, 2.45) is 0 Å². The largest absolute Gasteiger partial charge is 0.298 e. The molecule has 0 aliphatic carbocycles. The highest BCUT2D eigenvalue weighted by Gasteiger charge is 2.29. The van der Waals surface area contributed by atoms with Crippen molar-refractivity contribution in [1.29, 1.82) is 0 Å². The molecule has 0 saturated carbocycles. The lowest BCUT2D eigenvalue weighted by molar-refractivity contribution is -0.122. The van der Waals surface area contributed by atoms with Crippen molar-refractivity contribution in [2.75, 3.05) is 0 Å². The van der Waals surface area contributed by atoms with Crippen LogP contribution in [0.1, 0.15) is 37.5 Å². The highest BCUT2D eigenvalue weighted by atomic mass is 19.1. The first-order chi connectivity index (χ1) is 9.93. The van der Waals surface area contributed by atoms with Gasteiger partial charge in [-0.2, -0.15) is 0 Å². The second-order valence-corrected chi connectivity index (χ2v) is 5.90. The van der Waals surface area contributed by atoms with Crippen molar-refractivity contribution in [3.63, 3.8) is 0 Å². The molecule has 0 radical (unpaired) electrons. The van der Waals surface area contributed by atoms with E-state index in [9.17, 15) is 9.18 Å². The number of Topliss-reactive ketones (excluding diaryl/α,β-unsaturated/α-hetero) is 1. The molecule has 2 heteroatoms. The Morgan fingerprint density at radius 3 is 2.00 bits per heavy atom. The summed E-state index contributed by atoms with van der Waals surface area (Å²) in [5.41, 5.74) is 2.52. The van der Waals surface area contributed by atoms with Crippen LogP contribution in [0.5, 0.6) is 0 Å². The molecule has 0 atom stereocenters. The lowest BCUT2D eigenvalue weighted by Gasteiger charge is -2.24. The molecule has 0 bridgehead atoms. The van der Waals surface area contributed by atoms with Crippen molar-refractivity contribution in [3.8, 4) is 0 Å². The highest BCUT2D eigenvalue weighted by Crippen LogP contribution is 2.26. The van der Waals surface area contributed by atoms with Crippen LogP contribution >= 0.6 is 0 Å². The normalized spacial score (nSPS) is 11.4. The van der Waals surface area contributed by atoms with Gasteiger partial charge in [0.2, 0.25) is 0 Å². The van der Waals surface area contributed by atoms with E-state index in [1.165, 1.54) is 17.7 Å². The van der Waals surface area contributed by atoms with Crippen molar-refractivity contribution in [1.82, 2.24) is 0 Å². The summed E-state index contributed by atoms with van der Waals surface area (Å²) in [6, 6.07) is 14.3. The molecule has 0 fully saturated rings. The van der Waals surface area contributed by atoms with E-state index in [4.69, 9.17) is 0 Å². The first kappa shape index (κ1) is 15.4. The van der Waals surface area contributed by atoms with Gasteiger partial charge in [0, 0.05) is 11.8 Å². The zero-order valence-electron chi connectivity index (χ0n) is 12.8. The summed E-state index contributed by atoms with van der Waals surface area (Å²) in [5.74, 6) is -0.143. The standard InChI is InChI=1S/C19H21FO/c1-4-14-5-7-15(8-6-14)13-18(21)19(2,3)16-9-11-17(20)12-10-16/h5-12H,4,13H2,1-3H3. The fourth-order valence-corrected chi connectivity index (χ4v) is 2.33. The van der Waals surface area contributed by atoms with Crippen LogP contribution in [-0.4, -0.2) is 5.78 Å². The molecular weight excluding hydrogens is 263 g/mol. The molecule has 110 valence electrons. The Balaban J connectivity index is 2.15. The molecule has 0 aliphatic heterocycles. The van der Waals surface area contributed by atoms with Crippen molar-refractivity contribution >= 4 is 5.78 Å². The Bertz CT molecular complexity index is 609. The van der Waals surface area contributed by atoms with Crippen LogP contribution in [0.3, 0.4) is 0 Å². The van der Waals surface area contributed by atoms with Gasteiger partial charge >= 0.3 is 0 Å². The maximum Gasteiger partial charge on any atom is 0.147 e. The van der Waals surface area contributed by atoms with Gasteiger partial charge in [-0.1, -0.05) is 43.3 Å². The topological polar surface area (TPSA) is 17.1 Å². The van der Waals surface area contributed by atoms with E-state index in [0.29, 0.717) is 6.42 Å². The van der Waals surface area contributed by atoms with E-state index >= 15 is 0 Å². The van der Waals surface area contributed by atoms with Crippen molar-refractivity contribution in [2.45, 2.75) is 39.0 Å². The number of aryl methyl sites for hydroxylation is 1. The first-order valence-electron chi connectivity index (χ1n) is 7.30. The number of hydrogen-bond acceptors (Lipinski definition) is 1. The van der Waals surface area contributed by atoms with Crippen LogP contribution < -0.4 is 0 Å². The van der Waals surface area contributed by atoms with E-state index in [1.807, 2.05) is 26.0 Å². The second kappa shape index (κ2) is 6.21. The SMILES string of the molecule is CCc1ccc(CC(=O)C(C)(C)c2ccc(F)cc2)cc1. The molecule has 0 unspecified atom stereocenters. The molecule has 0 saturated heterocycles. The Kier molecular flexibility index (Phi) is 4.56. The van der Waals surface area contributed by atoms with Gasteiger partial charge in [-0.05, 0) is 49.1 Å². The van der Waals surface area contributed by atoms with Gasteiger partial charge < -0.3 is 0 Å². The second-order valence-electron chi connectivity index (χ2n) is 5.90. The molecule has 0 N–H and O–H groups in total. The first-order valence-corrected chi connectivity index (χ1v) is 7.30. The third kappa shape index (κ3) is 3.57. The molecule has 0 aromatic heterocycles. The summed E-state index contributed by atoms with van der Waals surface area (Å²) in [4.78, 5) is 12.6. The van der Waals surface area contributed by atoms with Crippen LogP contribution in [0.25, 0.3) is 0 Å². The minimum absolute atomic E-state index is 0.137. The Labute approximate surface area is 125 Å². The Morgan fingerprint density at radius 2 is 1.48 bits per heavy atom. The molecule has 0 spiro atoms. The average molecular weight is 284 g/mol. The third-order valence-corrected chi connectivity index (χ3v) is 4.06. The summed E-state index contributed by atoms with van der Waals surface area (Å²) in [5, 5.41) is 0. The number of rotatable bonds is 5. The maximum absolute atomic E-state index is 13.0. The molecule has 2 rings (SSSR count). The van der Waals surface area contributed by atoms with Crippen LogP contribution in [0.2, 0.25) is 0 Å². The molecule has 21 heavy (non-hydrogen) atoms. The zero-order chi connectivity index (χ0) is 15.5. The molecule has 0 heterocycles. The van der Waals surface area contributed by atoms with Gasteiger partial charge in [-0.25, -0.2) is 4.39 Å². The minimum atomic E-state index is -0.614. The minimum Gasteiger partial charge on any atom is -0.298 e. The smallest absolute Gasteiger partial charge is 0.147 e. The fraction of sp³-hybridized carbons (Fsp3) is 0.316. The number of carbonyl (C=O) groups excluding carboxylic acids is 1. The van der Waals surface area contributed by atoms with Crippen LogP contribution in [0.4, 0.5) is 4.39 Å². The average Bonchev–Trinajstić information content (AvgIpc) is 2.48. The third-order valence-electron chi connectivity index (χ3n) is 4.06. The number of hydrogen-bond donors (Lipinski definition) is 0. The Morgan fingerprint density at radius 1 is 0.952 bits per heavy atom. The molecule has 0 amide bonds. The van der Waals surface area contributed by atoms with E-state index < -0.39 is 5.41 Å². The molecule has 1 nitrogen and oxygen atoms in total. The van der Waals surface area contributed by atoms with E-state index in [2.05, 4.69) is 19.1 Å². The number of ketones is 1. The summed E-state index contributed by atoms with van der Waals surface area (Å²) >= 11 is 0. The van der Waals surface area contributed by atoms with E-state index in [1.54, 1.807) is 12.1 Å². The molecule has 2 aromatic carbocycles. The van der Waals surface area contributed by atoms with Crippen LogP contribution in [-0.2, 0) is 23.1 Å². The number of carbonyl (C=O) groups is 1. The lowest BCUT2D eigenvalue weighted by atomic mass is 9.78. The zero-order valence-corrected chi connectivity index (χ0v) is 12.8. The van der Waals surface area contributed by atoms with Crippen LogP contribution in [0.15, 0.2) is 48.5 Å². The van der Waals surface area contributed by atoms with Crippen LogP contribution in [0, 0.1) is 5.82 Å². The molecule has 2 aromatic rings. The summed E-state index contributed by atoms with van der Waals surface area (Å²) in [6.07, 6.45) is 1.39. The quantitative estimate of drug-likeness (QED) is 0.791. The van der Waals surface area contributed by atoms with E-state index in [0.717, 1.165) is 17.5 Å². The van der Waals surface area contributed by atoms with Gasteiger partial charge in [0.15, 0.2) is 0 Å². The summed E-state index contributed by atoms with van der Waals surface area (Å²) in [6.45, 7) is 5.89. The monoisotopic (exact) mass is 284 g/mol.